The van der Waals surface area contributed by atoms with Gasteiger partial charge in [0, 0.05) is 12.0 Å². The number of allylic oxidation sites excluding steroid dienone is 1. The molecule has 1 heteroatoms. The average Bonchev–Trinajstić information content (AvgIpc) is 2.56. The monoisotopic (exact) mass is 306 g/mol. The van der Waals surface area contributed by atoms with Gasteiger partial charge in [-0.25, -0.2) is 4.39 Å². The van der Waals surface area contributed by atoms with Crippen LogP contribution in [0.3, 0.4) is 0 Å². The van der Waals surface area contributed by atoms with Gasteiger partial charge in [0.05, 0.1) is 6.17 Å². The molecular weight excluding hydrogens is 283 g/mol. The fraction of sp³-hybridized carbons (Fsp3) is 0.273. The van der Waals surface area contributed by atoms with Crippen molar-refractivity contribution >= 4 is 0 Å². The zero-order valence-electron chi connectivity index (χ0n) is 13.7. The Kier molecular flexibility index (Phi) is 6.63. The van der Waals surface area contributed by atoms with Crippen LogP contribution in [0.4, 0.5) is 4.39 Å². The molecule has 118 valence electrons. The SMILES string of the molecule is C=CCc1ccc(-c2ccc(C#CCCCC(C)F)cc2)cc1. The van der Waals surface area contributed by atoms with Crippen molar-refractivity contribution in [3.63, 3.8) is 0 Å². The van der Waals surface area contributed by atoms with Gasteiger partial charge in [-0.3, -0.25) is 0 Å². The van der Waals surface area contributed by atoms with Crippen molar-refractivity contribution in [1.29, 1.82) is 0 Å². The highest BCUT2D eigenvalue weighted by Gasteiger charge is 1.98. The molecule has 0 bridgehead atoms. The van der Waals surface area contributed by atoms with E-state index in [1.54, 1.807) is 6.92 Å². The summed E-state index contributed by atoms with van der Waals surface area (Å²) in [6.45, 7) is 5.35. The molecule has 0 N–H and O–H groups in total. The Hall–Kier alpha value is -2.33. The van der Waals surface area contributed by atoms with Crippen LogP contribution < -0.4 is 0 Å². The summed E-state index contributed by atoms with van der Waals surface area (Å²) in [5.41, 5.74) is 4.67. The lowest BCUT2D eigenvalue weighted by molar-refractivity contribution is 0.336. The Balaban J connectivity index is 1.96. The maximum Gasteiger partial charge on any atom is 0.0973 e. The molecule has 0 saturated carbocycles. The zero-order valence-corrected chi connectivity index (χ0v) is 13.7. The molecule has 0 fully saturated rings. The maximum absolute atomic E-state index is 12.7. The minimum atomic E-state index is -0.728. The highest BCUT2D eigenvalue weighted by Crippen LogP contribution is 2.20. The Morgan fingerprint density at radius 1 is 1.04 bits per heavy atom. The molecule has 1 atom stereocenters. The molecule has 0 saturated heterocycles. The van der Waals surface area contributed by atoms with E-state index < -0.39 is 6.17 Å². The van der Waals surface area contributed by atoms with E-state index in [-0.39, 0.29) is 0 Å². The number of rotatable bonds is 6. The minimum Gasteiger partial charge on any atom is -0.248 e. The molecule has 0 aliphatic rings. The summed E-state index contributed by atoms with van der Waals surface area (Å²) >= 11 is 0. The topological polar surface area (TPSA) is 0 Å². The van der Waals surface area contributed by atoms with Crippen LogP contribution in [0.1, 0.15) is 37.3 Å². The van der Waals surface area contributed by atoms with E-state index in [1.165, 1.54) is 16.7 Å². The van der Waals surface area contributed by atoms with Crippen LogP contribution in [0.5, 0.6) is 0 Å². The summed E-state index contributed by atoms with van der Waals surface area (Å²) in [7, 11) is 0. The number of unbranched alkanes of at least 4 members (excludes halogenated alkanes) is 1. The van der Waals surface area contributed by atoms with E-state index in [9.17, 15) is 4.39 Å². The summed E-state index contributed by atoms with van der Waals surface area (Å²) < 4.78 is 12.7. The van der Waals surface area contributed by atoms with Crippen molar-refractivity contribution in [3.8, 4) is 23.0 Å². The molecule has 2 rings (SSSR count). The Morgan fingerprint density at radius 3 is 2.22 bits per heavy atom. The molecule has 0 spiro atoms. The first-order chi connectivity index (χ1) is 11.2. The number of benzene rings is 2. The molecule has 0 aliphatic carbocycles. The van der Waals surface area contributed by atoms with Gasteiger partial charge in [0.2, 0.25) is 0 Å². The summed E-state index contributed by atoms with van der Waals surface area (Å²) in [5.74, 6) is 6.25. The lowest BCUT2D eigenvalue weighted by Gasteiger charge is -2.03. The number of alkyl halides is 1. The molecule has 0 aromatic heterocycles. The predicted molar refractivity (Wildman–Crippen MR) is 97.1 cm³/mol. The molecule has 0 radical (unpaired) electrons. The second kappa shape index (κ2) is 8.96. The molecule has 2 aromatic carbocycles. The van der Waals surface area contributed by atoms with Crippen LogP contribution >= 0.6 is 0 Å². The van der Waals surface area contributed by atoms with E-state index in [0.717, 1.165) is 24.8 Å². The minimum absolute atomic E-state index is 0.593. The fourth-order valence-electron chi connectivity index (χ4n) is 2.38. The van der Waals surface area contributed by atoms with Gasteiger partial charge < -0.3 is 0 Å². The van der Waals surface area contributed by atoms with Gasteiger partial charge in [-0.2, -0.15) is 0 Å². The van der Waals surface area contributed by atoms with Crippen molar-refractivity contribution in [2.24, 2.45) is 0 Å². The van der Waals surface area contributed by atoms with E-state index in [1.807, 2.05) is 18.2 Å². The van der Waals surface area contributed by atoms with Gasteiger partial charge in [-0.15, -0.1) is 6.58 Å². The Bertz CT molecular complexity index is 667. The second-order valence-corrected chi connectivity index (χ2v) is 5.74. The van der Waals surface area contributed by atoms with E-state index >= 15 is 0 Å². The third kappa shape index (κ3) is 5.75. The van der Waals surface area contributed by atoms with Gasteiger partial charge in [-0.05, 0) is 55.0 Å². The van der Waals surface area contributed by atoms with Crippen LogP contribution in [-0.2, 0) is 6.42 Å². The van der Waals surface area contributed by atoms with Crippen molar-refractivity contribution in [2.45, 2.75) is 38.8 Å². The highest BCUT2D eigenvalue weighted by molar-refractivity contribution is 5.64. The first-order valence-corrected chi connectivity index (χ1v) is 8.12. The first kappa shape index (κ1) is 17.0. The van der Waals surface area contributed by atoms with Crippen molar-refractivity contribution in [2.75, 3.05) is 0 Å². The molecule has 0 heterocycles. The van der Waals surface area contributed by atoms with E-state index in [4.69, 9.17) is 0 Å². The van der Waals surface area contributed by atoms with E-state index in [2.05, 4.69) is 54.8 Å². The van der Waals surface area contributed by atoms with Gasteiger partial charge in [-0.1, -0.05) is 54.3 Å². The zero-order chi connectivity index (χ0) is 16.5. The van der Waals surface area contributed by atoms with Crippen LogP contribution in [0, 0.1) is 11.8 Å². The molecule has 0 amide bonds. The maximum atomic E-state index is 12.7. The largest absolute Gasteiger partial charge is 0.248 e. The van der Waals surface area contributed by atoms with Crippen molar-refractivity contribution < 1.29 is 4.39 Å². The van der Waals surface area contributed by atoms with Gasteiger partial charge in [0.1, 0.15) is 0 Å². The lowest BCUT2D eigenvalue weighted by Crippen LogP contribution is -1.90. The van der Waals surface area contributed by atoms with Crippen LogP contribution in [0.15, 0.2) is 61.2 Å². The molecule has 0 aliphatic heterocycles. The molecule has 0 nitrogen and oxygen atoms in total. The van der Waals surface area contributed by atoms with Crippen LogP contribution in [0.25, 0.3) is 11.1 Å². The third-order valence-corrected chi connectivity index (χ3v) is 3.69. The molecular formula is C22H23F. The van der Waals surface area contributed by atoms with Gasteiger partial charge in [0.15, 0.2) is 0 Å². The van der Waals surface area contributed by atoms with Crippen molar-refractivity contribution in [3.05, 3.63) is 72.3 Å². The quantitative estimate of drug-likeness (QED) is 0.351. The smallest absolute Gasteiger partial charge is 0.0973 e. The van der Waals surface area contributed by atoms with Crippen LogP contribution in [0.2, 0.25) is 0 Å². The molecule has 2 aromatic rings. The van der Waals surface area contributed by atoms with Gasteiger partial charge in [0.25, 0.3) is 0 Å². The summed E-state index contributed by atoms with van der Waals surface area (Å²) in [4.78, 5) is 0. The predicted octanol–water partition coefficient (Wildman–Crippen LogP) is 5.96. The third-order valence-electron chi connectivity index (χ3n) is 3.69. The Morgan fingerprint density at radius 2 is 1.65 bits per heavy atom. The summed E-state index contributed by atoms with van der Waals surface area (Å²) in [5, 5.41) is 0. The Labute approximate surface area is 139 Å². The fourth-order valence-corrected chi connectivity index (χ4v) is 2.38. The highest BCUT2D eigenvalue weighted by atomic mass is 19.1. The number of halogens is 1. The van der Waals surface area contributed by atoms with Crippen molar-refractivity contribution in [1.82, 2.24) is 0 Å². The first-order valence-electron chi connectivity index (χ1n) is 8.12. The summed E-state index contributed by atoms with van der Waals surface area (Å²) in [6, 6.07) is 16.8. The number of hydrogen-bond acceptors (Lipinski definition) is 0. The standard InChI is InChI=1S/C22H23F/c1-3-7-19-10-14-21(15-11-19)22-16-12-20(13-17-22)9-6-4-5-8-18(2)23/h3,10-18H,1,4-5,7-8H2,2H3. The van der Waals surface area contributed by atoms with E-state index in [0.29, 0.717) is 6.42 Å². The van der Waals surface area contributed by atoms with Gasteiger partial charge >= 0.3 is 0 Å². The molecule has 23 heavy (non-hydrogen) atoms. The van der Waals surface area contributed by atoms with Crippen LogP contribution in [-0.4, -0.2) is 6.17 Å². The second-order valence-electron chi connectivity index (χ2n) is 5.74. The summed E-state index contributed by atoms with van der Waals surface area (Å²) in [6.07, 6.45) is 4.25. The normalized spacial score (nSPS) is 11.4. The molecule has 1 unspecified atom stereocenters. The number of hydrogen-bond donors (Lipinski definition) is 0. The lowest BCUT2D eigenvalue weighted by atomic mass is 10.0. The average molecular weight is 306 g/mol.